The molecule has 0 aliphatic carbocycles. The smallest absolute Gasteiger partial charge is 0.323 e. The highest BCUT2D eigenvalue weighted by Gasteiger charge is 2.14. The molecule has 18 heavy (non-hydrogen) atoms. The maximum Gasteiger partial charge on any atom is 0.323 e. The van der Waals surface area contributed by atoms with Gasteiger partial charge in [-0.25, -0.2) is 4.79 Å². The molecule has 0 unspecified atom stereocenters. The van der Waals surface area contributed by atoms with Crippen LogP contribution in [0.25, 0.3) is 0 Å². The van der Waals surface area contributed by atoms with Crippen molar-refractivity contribution in [2.75, 3.05) is 13.1 Å². The highest BCUT2D eigenvalue weighted by Crippen LogP contribution is 1.96. The lowest BCUT2D eigenvalue weighted by Gasteiger charge is -2.18. The molecule has 1 rings (SSSR count). The number of carboxylic acid groups (broad SMARTS) is 1. The third kappa shape index (κ3) is 4.53. The molecular formula is C12H13N3O3. The quantitative estimate of drug-likeness (QED) is 0.734. The van der Waals surface area contributed by atoms with E-state index in [0.717, 1.165) is 10.5 Å². The summed E-state index contributed by atoms with van der Waals surface area (Å²) in [5.74, 6) is 1.14. The number of aliphatic carboxylic acids is 1. The lowest BCUT2D eigenvalue weighted by atomic mass is 10.3. The Bertz CT molecular complexity index is 453. The summed E-state index contributed by atoms with van der Waals surface area (Å²) in [5.41, 5.74) is 0.870. The van der Waals surface area contributed by atoms with E-state index in [4.69, 9.17) is 11.5 Å². The lowest BCUT2D eigenvalue weighted by molar-refractivity contribution is -0.137. The summed E-state index contributed by atoms with van der Waals surface area (Å²) < 4.78 is 0. The van der Waals surface area contributed by atoms with Gasteiger partial charge in [-0.1, -0.05) is 5.92 Å². The van der Waals surface area contributed by atoms with Crippen LogP contribution in [0.2, 0.25) is 0 Å². The summed E-state index contributed by atoms with van der Waals surface area (Å²) in [5, 5.41) is 11.2. The molecule has 2 N–H and O–H groups in total. The Morgan fingerprint density at radius 3 is 2.67 bits per heavy atom. The minimum atomic E-state index is -1.11. The van der Waals surface area contributed by atoms with Gasteiger partial charge in [-0.2, -0.15) is 0 Å². The summed E-state index contributed by atoms with van der Waals surface area (Å²) in [6, 6.07) is 3.00. The second-order valence-corrected chi connectivity index (χ2v) is 3.47. The molecule has 0 radical (unpaired) electrons. The fraction of sp³-hybridized carbons (Fsp3) is 0.250. The molecular weight excluding hydrogens is 234 g/mol. The molecule has 1 heterocycles. The maximum atomic E-state index is 11.7. The number of nitrogens with one attached hydrogen (secondary N) is 1. The zero-order valence-corrected chi connectivity index (χ0v) is 9.67. The largest absolute Gasteiger partial charge is 0.480 e. The predicted octanol–water partition coefficient (Wildman–Crippen LogP) is 0.311. The van der Waals surface area contributed by atoms with Gasteiger partial charge < -0.3 is 15.3 Å². The molecule has 0 atom stereocenters. The minimum absolute atomic E-state index is 0.0471. The Kier molecular flexibility index (Phi) is 5.19. The number of nitrogens with zero attached hydrogens (tertiary/aromatic N) is 2. The lowest BCUT2D eigenvalue weighted by Crippen LogP contribution is -2.42. The van der Waals surface area contributed by atoms with E-state index in [-0.39, 0.29) is 6.54 Å². The van der Waals surface area contributed by atoms with Crippen LogP contribution in [0.3, 0.4) is 0 Å². The maximum absolute atomic E-state index is 11.7. The van der Waals surface area contributed by atoms with Crippen molar-refractivity contribution < 1.29 is 14.7 Å². The van der Waals surface area contributed by atoms with Gasteiger partial charge in [0.25, 0.3) is 0 Å². The minimum Gasteiger partial charge on any atom is -0.480 e. The molecule has 1 aromatic heterocycles. The van der Waals surface area contributed by atoms with Gasteiger partial charge in [-0.05, 0) is 17.7 Å². The number of carbonyl (C=O) groups is 2. The van der Waals surface area contributed by atoms with Crippen molar-refractivity contribution in [2.24, 2.45) is 0 Å². The first-order valence-electron chi connectivity index (χ1n) is 5.20. The Morgan fingerprint density at radius 1 is 1.44 bits per heavy atom. The first kappa shape index (κ1) is 13.5. The van der Waals surface area contributed by atoms with E-state index in [1.807, 2.05) is 0 Å². The van der Waals surface area contributed by atoms with Crippen LogP contribution in [0.1, 0.15) is 5.56 Å². The molecule has 0 aliphatic heterocycles. The van der Waals surface area contributed by atoms with Crippen LogP contribution >= 0.6 is 0 Å². The molecule has 6 heteroatoms. The second-order valence-electron chi connectivity index (χ2n) is 3.47. The van der Waals surface area contributed by atoms with Gasteiger partial charge in [0.1, 0.15) is 6.54 Å². The highest BCUT2D eigenvalue weighted by molar-refractivity contribution is 5.80. The summed E-state index contributed by atoms with van der Waals surface area (Å²) in [6.45, 7) is -0.178. The third-order valence-corrected chi connectivity index (χ3v) is 2.09. The average Bonchev–Trinajstić information content (AvgIpc) is 2.36. The first-order chi connectivity index (χ1) is 8.63. The third-order valence-electron chi connectivity index (χ3n) is 2.09. The van der Waals surface area contributed by atoms with Crippen LogP contribution < -0.4 is 5.32 Å². The number of hydrogen-bond acceptors (Lipinski definition) is 3. The average molecular weight is 247 g/mol. The molecule has 0 spiro atoms. The van der Waals surface area contributed by atoms with E-state index < -0.39 is 18.5 Å². The van der Waals surface area contributed by atoms with E-state index in [0.29, 0.717) is 6.54 Å². The topological polar surface area (TPSA) is 82.5 Å². The number of pyridine rings is 1. The van der Waals surface area contributed by atoms with E-state index >= 15 is 0 Å². The standard InChI is InChI=1S/C12H13N3O3/c1-2-7-15(9-11(16)17)12(18)14-8-10-3-5-13-6-4-10/h1,3-6H,7-9H2,(H,14,18)(H,16,17). The fourth-order valence-electron chi connectivity index (χ4n) is 1.26. The SMILES string of the molecule is C#CCN(CC(=O)O)C(=O)NCc1ccncc1. The van der Waals surface area contributed by atoms with Crippen molar-refractivity contribution in [1.29, 1.82) is 0 Å². The number of amides is 2. The van der Waals surface area contributed by atoms with Crippen molar-refractivity contribution in [3.63, 3.8) is 0 Å². The fourth-order valence-corrected chi connectivity index (χ4v) is 1.26. The Morgan fingerprint density at radius 2 is 2.11 bits per heavy atom. The van der Waals surface area contributed by atoms with E-state index in [9.17, 15) is 9.59 Å². The Balaban J connectivity index is 2.52. The number of carbonyl (C=O) groups excluding carboxylic acids is 1. The van der Waals surface area contributed by atoms with Crippen LogP contribution in [0.4, 0.5) is 4.79 Å². The monoisotopic (exact) mass is 247 g/mol. The molecule has 6 nitrogen and oxygen atoms in total. The molecule has 0 aliphatic rings. The van der Waals surface area contributed by atoms with Crippen LogP contribution in [0.15, 0.2) is 24.5 Å². The van der Waals surface area contributed by atoms with Crippen LogP contribution in [0.5, 0.6) is 0 Å². The van der Waals surface area contributed by atoms with Crippen molar-refractivity contribution in [2.45, 2.75) is 6.54 Å². The van der Waals surface area contributed by atoms with Gasteiger partial charge in [-0.15, -0.1) is 6.42 Å². The molecule has 1 aromatic rings. The van der Waals surface area contributed by atoms with E-state index in [1.54, 1.807) is 24.5 Å². The van der Waals surface area contributed by atoms with Gasteiger partial charge in [0.05, 0.1) is 6.54 Å². The number of terminal acetylenes is 1. The van der Waals surface area contributed by atoms with Gasteiger partial charge in [-0.3, -0.25) is 9.78 Å². The molecule has 2 amide bonds. The van der Waals surface area contributed by atoms with Crippen LogP contribution in [-0.4, -0.2) is 40.1 Å². The van der Waals surface area contributed by atoms with Crippen molar-refractivity contribution >= 4 is 12.0 Å². The summed E-state index contributed by atoms with van der Waals surface area (Å²) in [6.07, 6.45) is 8.30. The zero-order valence-electron chi connectivity index (χ0n) is 9.67. The predicted molar refractivity (Wildman–Crippen MR) is 64.5 cm³/mol. The number of aromatic nitrogens is 1. The van der Waals surface area contributed by atoms with Gasteiger partial charge in [0.2, 0.25) is 0 Å². The summed E-state index contributed by atoms with van der Waals surface area (Å²) in [7, 11) is 0. The highest BCUT2D eigenvalue weighted by atomic mass is 16.4. The van der Waals surface area contributed by atoms with Crippen LogP contribution in [-0.2, 0) is 11.3 Å². The summed E-state index contributed by atoms with van der Waals surface area (Å²) in [4.78, 5) is 27.1. The Hall–Kier alpha value is -2.55. The van der Waals surface area contributed by atoms with Crippen molar-refractivity contribution in [1.82, 2.24) is 15.2 Å². The molecule has 0 saturated carbocycles. The van der Waals surface area contributed by atoms with Crippen LogP contribution in [0, 0.1) is 12.3 Å². The van der Waals surface area contributed by atoms with Gasteiger partial charge >= 0.3 is 12.0 Å². The van der Waals surface area contributed by atoms with Gasteiger partial charge in [0, 0.05) is 18.9 Å². The van der Waals surface area contributed by atoms with Crippen molar-refractivity contribution in [3.8, 4) is 12.3 Å². The summed E-state index contributed by atoms with van der Waals surface area (Å²) >= 11 is 0. The molecule has 0 bridgehead atoms. The first-order valence-corrected chi connectivity index (χ1v) is 5.20. The Labute approximate surface area is 105 Å². The molecule has 0 fully saturated rings. The molecule has 0 aromatic carbocycles. The second kappa shape index (κ2) is 6.91. The number of carboxylic acids is 1. The van der Waals surface area contributed by atoms with E-state index in [2.05, 4.69) is 16.2 Å². The number of rotatable bonds is 5. The van der Waals surface area contributed by atoms with Gasteiger partial charge in [0.15, 0.2) is 0 Å². The molecule has 0 saturated heterocycles. The number of urea groups is 1. The van der Waals surface area contributed by atoms with E-state index in [1.165, 1.54) is 0 Å². The number of hydrogen-bond donors (Lipinski definition) is 2. The normalized spacial score (nSPS) is 9.28. The van der Waals surface area contributed by atoms with Crippen molar-refractivity contribution in [3.05, 3.63) is 30.1 Å². The molecule has 94 valence electrons. The zero-order chi connectivity index (χ0) is 13.4.